The molecule has 2 aliphatic carbocycles. The molecule has 0 unspecified atom stereocenters. The van der Waals surface area contributed by atoms with Gasteiger partial charge in [0.2, 0.25) is 0 Å². The van der Waals surface area contributed by atoms with Gasteiger partial charge in [-0.15, -0.1) is 0 Å². The molecule has 8 rings (SSSR count). The third-order valence-electron chi connectivity index (χ3n) is 10.3. The maximum absolute atomic E-state index is 3.57. The van der Waals surface area contributed by atoms with Crippen LogP contribution in [0.15, 0.2) is 133 Å². The lowest BCUT2D eigenvalue weighted by molar-refractivity contribution is 0.799. The number of anilines is 5. The number of rotatable bonds is 10. The molecule has 2 nitrogen and oxygen atoms in total. The Balaban J connectivity index is 1.05. The summed E-state index contributed by atoms with van der Waals surface area (Å²) in [7, 11) is 0. The second kappa shape index (κ2) is 13.2. The van der Waals surface area contributed by atoms with E-state index in [4.69, 9.17) is 0 Å². The first-order valence-corrected chi connectivity index (χ1v) is 17.8. The zero-order valence-electron chi connectivity index (χ0n) is 28.2. The fourth-order valence-corrected chi connectivity index (χ4v) is 7.46. The average Bonchev–Trinajstić information content (AvgIpc) is 3.10. The summed E-state index contributed by atoms with van der Waals surface area (Å²) >= 11 is 0. The van der Waals surface area contributed by atoms with E-state index in [0.717, 1.165) is 37.1 Å². The Hall–Kier alpha value is -5.08. The van der Waals surface area contributed by atoms with E-state index in [9.17, 15) is 0 Å². The third-order valence-corrected chi connectivity index (χ3v) is 10.3. The van der Waals surface area contributed by atoms with Crippen molar-refractivity contribution in [3.05, 3.63) is 172 Å². The minimum Gasteiger partial charge on any atom is -0.356 e. The van der Waals surface area contributed by atoms with E-state index in [0.29, 0.717) is 5.92 Å². The van der Waals surface area contributed by atoms with Gasteiger partial charge in [-0.25, -0.2) is 0 Å². The lowest BCUT2D eigenvalue weighted by atomic mass is 9.85. The highest BCUT2D eigenvalue weighted by molar-refractivity contribution is 5.82. The second-order valence-electron chi connectivity index (χ2n) is 13.9. The second-order valence-corrected chi connectivity index (χ2v) is 13.9. The van der Waals surface area contributed by atoms with Gasteiger partial charge in [0.25, 0.3) is 0 Å². The number of hydrogen-bond acceptors (Lipinski definition) is 2. The molecule has 0 aliphatic heterocycles. The van der Waals surface area contributed by atoms with Crippen LogP contribution in [0.4, 0.5) is 28.4 Å². The molecule has 0 saturated heterocycles. The molecule has 0 aromatic heterocycles. The molecular weight excluding hydrogens is 581 g/mol. The summed E-state index contributed by atoms with van der Waals surface area (Å²) in [5.41, 5.74) is 18.8. The summed E-state index contributed by atoms with van der Waals surface area (Å²) in [5.74, 6) is 0.506. The van der Waals surface area contributed by atoms with Crippen LogP contribution >= 0.6 is 0 Å². The Labute approximate surface area is 286 Å². The van der Waals surface area contributed by atoms with E-state index in [1.807, 2.05) is 0 Å². The van der Waals surface area contributed by atoms with Crippen LogP contribution in [0.3, 0.4) is 0 Å². The van der Waals surface area contributed by atoms with Gasteiger partial charge in [0.1, 0.15) is 0 Å². The van der Waals surface area contributed by atoms with Crippen LogP contribution < -0.4 is 10.2 Å². The van der Waals surface area contributed by atoms with Gasteiger partial charge in [-0.3, -0.25) is 0 Å². The zero-order chi connectivity index (χ0) is 32.5. The molecule has 2 heteroatoms. The van der Waals surface area contributed by atoms with Gasteiger partial charge in [-0.05, 0) is 162 Å². The van der Waals surface area contributed by atoms with E-state index < -0.39 is 0 Å². The normalized spacial score (nSPS) is 12.9. The van der Waals surface area contributed by atoms with Crippen molar-refractivity contribution < 1.29 is 0 Å². The van der Waals surface area contributed by atoms with Crippen LogP contribution in [0.5, 0.6) is 0 Å². The van der Waals surface area contributed by atoms with Crippen LogP contribution in [-0.4, -0.2) is 0 Å². The smallest absolute Gasteiger partial charge is 0.0464 e. The van der Waals surface area contributed by atoms with E-state index in [2.05, 4.69) is 158 Å². The largest absolute Gasteiger partial charge is 0.356 e. The Morgan fingerprint density at radius 1 is 0.500 bits per heavy atom. The van der Waals surface area contributed by atoms with Gasteiger partial charge in [0.15, 0.2) is 0 Å². The first-order chi connectivity index (χ1) is 23.6. The number of fused-ring (bicyclic) bond motifs is 4. The molecule has 0 fully saturated rings. The molecule has 0 spiro atoms. The number of benzene rings is 6. The molecule has 0 atom stereocenters. The Kier molecular flexibility index (Phi) is 8.32. The van der Waals surface area contributed by atoms with Crippen molar-refractivity contribution in [2.45, 2.75) is 64.7 Å². The molecule has 6 aromatic carbocycles. The van der Waals surface area contributed by atoms with Crippen molar-refractivity contribution in [1.82, 2.24) is 0 Å². The minimum atomic E-state index is 0.506. The average molecular weight is 625 g/mol. The van der Waals surface area contributed by atoms with Crippen molar-refractivity contribution in [2.75, 3.05) is 10.2 Å². The van der Waals surface area contributed by atoms with E-state index in [-0.39, 0.29) is 0 Å². The Morgan fingerprint density at radius 3 is 1.79 bits per heavy atom. The van der Waals surface area contributed by atoms with Gasteiger partial charge in [0.05, 0.1) is 0 Å². The molecule has 0 radical (unpaired) electrons. The van der Waals surface area contributed by atoms with Crippen LogP contribution in [0, 0.1) is 0 Å². The van der Waals surface area contributed by atoms with Gasteiger partial charge in [-0.1, -0.05) is 86.6 Å². The highest BCUT2D eigenvalue weighted by Crippen LogP contribution is 2.41. The summed E-state index contributed by atoms with van der Waals surface area (Å²) in [4.78, 5) is 2.43. The summed E-state index contributed by atoms with van der Waals surface area (Å²) in [6, 6.07) is 49.9. The fourth-order valence-electron chi connectivity index (χ4n) is 7.46. The van der Waals surface area contributed by atoms with Crippen molar-refractivity contribution in [1.29, 1.82) is 0 Å². The lowest BCUT2D eigenvalue weighted by Crippen LogP contribution is -2.12. The van der Waals surface area contributed by atoms with Crippen LogP contribution in [0.1, 0.15) is 65.1 Å². The minimum absolute atomic E-state index is 0.506. The predicted octanol–water partition coefficient (Wildman–Crippen LogP) is 12.1. The summed E-state index contributed by atoms with van der Waals surface area (Å²) < 4.78 is 0. The Morgan fingerprint density at radius 2 is 1.10 bits per heavy atom. The van der Waals surface area contributed by atoms with Crippen molar-refractivity contribution in [3.63, 3.8) is 0 Å². The number of nitrogens with one attached hydrogen (secondary N) is 1. The molecule has 6 aromatic rings. The standard InChI is InChI=1S/C46H44N2/c1-32(2)35-19-24-43(25-20-35)48(42-22-12-33(13-23-42)7-6-8-34-11-14-36-15-16-37(36)29-34)44-26-28-46-39(31-44)18-17-38-30-41(21-27-45(38)46)47-40-9-4-3-5-10-40/h3-5,9-14,19-32,47H,6-8,15-18H2,1-2H3. The molecule has 1 N–H and O–H groups in total. The van der Waals surface area contributed by atoms with Crippen LogP contribution in [0.25, 0.3) is 11.1 Å². The van der Waals surface area contributed by atoms with Crippen molar-refractivity contribution in [2.24, 2.45) is 0 Å². The molecular formula is C46H44N2. The van der Waals surface area contributed by atoms with Crippen molar-refractivity contribution >= 4 is 28.4 Å². The van der Waals surface area contributed by atoms with Crippen LogP contribution in [-0.2, 0) is 38.5 Å². The number of aryl methyl sites for hydroxylation is 6. The summed E-state index contributed by atoms with van der Waals surface area (Å²) in [6.45, 7) is 4.52. The molecule has 0 heterocycles. The third kappa shape index (κ3) is 6.28. The quantitative estimate of drug-likeness (QED) is 0.163. The lowest BCUT2D eigenvalue weighted by Gasteiger charge is -2.28. The van der Waals surface area contributed by atoms with Crippen LogP contribution in [0.2, 0.25) is 0 Å². The van der Waals surface area contributed by atoms with E-state index in [1.165, 1.54) is 75.3 Å². The van der Waals surface area contributed by atoms with Gasteiger partial charge < -0.3 is 10.2 Å². The maximum atomic E-state index is 3.57. The fraction of sp³-hybridized carbons (Fsp3) is 0.217. The molecule has 238 valence electrons. The summed E-state index contributed by atoms with van der Waals surface area (Å²) in [6.07, 6.45) is 8.01. The van der Waals surface area contributed by atoms with Crippen molar-refractivity contribution in [3.8, 4) is 11.1 Å². The zero-order valence-corrected chi connectivity index (χ0v) is 28.2. The van der Waals surface area contributed by atoms with Gasteiger partial charge in [-0.2, -0.15) is 0 Å². The highest BCUT2D eigenvalue weighted by atomic mass is 15.1. The molecule has 0 amide bonds. The first kappa shape index (κ1) is 30.3. The first-order valence-electron chi connectivity index (χ1n) is 17.8. The van der Waals surface area contributed by atoms with Gasteiger partial charge in [0, 0.05) is 28.4 Å². The maximum Gasteiger partial charge on any atom is 0.0464 e. The Bertz CT molecular complexity index is 2040. The predicted molar refractivity (Wildman–Crippen MR) is 204 cm³/mol. The number of hydrogen-bond donors (Lipinski definition) is 1. The van der Waals surface area contributed by atoms with Gasteiger partial charge >= 0.3 is 0 Å². The molecule has 48 heavy (non-hydrogen) atoms. The molecule has 2 aliphatic rings. The monoisotopic (exact) mass is 624 g/mol. The van der Waals surface area contributed by atoms with E-state index in [1.54, 1.807) is 11.1 Å². The SMILES string of the molecule is CC(C)c1ccc(N(c2ccc(CCCc3ccc4c(c3)CC4)cc2)c2ccc3c(c2)CCc2cc(Nc4ccccc4)ccc2-3)cc1. The molecule has 0 bridgehead atoms. The topological polar surface area (TPSA) is 15.3 Å². The molecule has 0 saturated carbocycles. The summed E-state index contributed by atoms with van der Waals surface area (Å²) in [5, 5.41) is 3.57. The highest BCUT2D eigenvalue weighted by Gasteiger charge is 2.20. The van der Waals surface area contributed by atoms with E-state index >= 15 is 0 Å². The number of nitrogens with zero attached hydrogens (tertiary/aromatic N) is 1. The number of para-hydroxylation sites is 1.